The summed E-state index contributed by atoms with van der Waals surface area (Å²) in [5, 5.41) is 9.18. The first-order chi connectivity index (χ1) is 8.24. The standard InChI is InChI=1S/C11H20N4O2/c1-2-9-10(16)14-5-6-15(9)11(17)8-7-12-3-4-13-8/h8-9,12-13H,2-7H2,1H3,(H,14,16). The van der Waals surface area contributed by atoms with Crippen LogP contribution in [0.3, 0.4) is 0 Å². The van der Waals surface area contributed by atoms with Gasteiger partial charge in [0.05, 0.1) is 6.04 Å². The van der Waals surface area contributed by atoms with Crippen molar-refractivity contribution in [2.45, 2.75) is 25.4 Å². The number of piperazine rings is 2. The minimum absolute atomic E-state index is 0.0316. The van der Waals surface area contributed by atoms with Crippen LogP contribution in [0.2, 0.25) is 0 Å². The molecule has 2 unspecified atom stereocenters. The van der Waals surface area contributed by atoms with Gasteiger partial charge in [0.25, 0.3) is 0 Å². The fourth-order valence-electron chi connectivity index (χ4n) is 2.41. The summed E-state index contributed by atoms with van der Waals surface area (Å²) in [4.78, 5) is 25.7. The van der Waals surface area contributed by atoms with Crippen molar-refractivity contribution in [2.24, 2.45) is 0 Å². The molecule has 2 atom stereocenters. The molecule has 2 aliphatic heterocycles. The van der Waals surface area contributed by atoms with E-state index < -0.39 is 0 Å². The summed E-state index contributed by atoms with van der Waals surface area (Å²) in [5.41, 5.74) is 0. The Hall–Kier alpha value is -1.14. The molecule has 6 heteroatoms. The summed E-state index contributed by atoms with van der Waals surface area (Å²) in [5.74, 6) is 0.00905. The third-order valence-corrected chi connectivity index (χ3v) is 3.34. The van der Waals surface area contributed by atoms with Gasteiger partial charge in [0.15, 0.2) is 0 Å². The molecule has 2 saturated heterocycles. The minimum Gasteiger partial charge on any atom is -0.353 e. The van der Waals surface area contributed by atoms with Crippen LogP contribution in [0.5, 0.6) is 0 Å². The van der Waals surface area contributed by atoms with Crippen LogP contribution in [-0.2, 0) is 9.59 Å². The normalized spacial score (nSPS) is 29.9. The molecule has 0 saturated carbocycles. The van der Waals surface area contributed by atoms with Gasteiger partial charge in [-0.25, -0.2) is 0 Å². The lowest BCUT2D eigenvalue weighted by Gasteiger charge is -2.37. The molecular formula is C11H20N4O2. The number of nitrogens with one attached hydrogen (secondary N) is 3. The predicted molar refractivity (Wildman–Crippen MR) is 63.5 cm³/mol. The Bertz CT molecular complexity index is 302. The number of hydrogen-bond acceptors (Lipinski definition) is 4. The van der Waals surface area contributed by atoms with Gasteiger partial charge in [-0.2, -0.15) is 0 Å². The van der Waals surface area contributed by atoms with Crippen LogP contribution in [0.4, 0.5) is 0 Å². The summed E-state index contributed by atoms with van der Waals surface area (Å²) in [7, 11) is 0. The highest BCUT2D eigenvalue weighted by Crippen LogP contribution is 2.10. The van der Waals surface area contributed by atoms with E-state index in [0.717, 1.165) is 13.1 Å². The fraction of sp³-hybridized carbons (Fsp3) is 0.818. The lowest BCUT2D eigenvalue weighted by Crippen LogP contribution is -2.63. The summed E-state index contributed by atoms with van der Waals surface area (Å²) in [6, 6.07) is -0.497. The molecule has 0 aromatic heterocycles. The largest absolute Gasteiger partial charge is 0.353 e. The van der Waals surface area contributed by atoms with Crippen molar-refractivity contribution in [3.8, 4) is 0 Å². The summed E-state index contributed by atoms with van der Waals surface area (Å²) in [6.45, 7) is 5.44. The van der Waals surface area contributed by atoms with Gasteiger partial charge in [0.1, 0.15) is 6.04 Å². The first-order valence-electron chi connectivity index (χ1n) is 6.26. The highest BCUT2D eigenvalue weighted by molar-refractivity contribution is 5.91. The average Bonchev–Trinajstić information content (AvgIpc) is 2.38. The molecule has 0 bridgehead atoms. The molecular weight excluding hydrogens is 220 g/mol. The van der Waals surface area contributed by atoms with Crippen molar-refractivity contribution < 1.29 is 9.59 Å². The number of amides is 2. The van der Waals surface area contributed by atoms with E-state index in [4.69, 9.17) is 0 Å². The molecule has 0 aliphatic carbocycles. The average molecular weight is 240 g/mol. The maximum atomic E-state index is 12.3. The molecule has 0 radical (unpaired) electrons. The Labute approximate surface area is 101 Å². The second-order valence-electron chi connectivity index (χ2n) is 4.46. The zero-order valence-electron chi connectivity index (χ0n) is 10.2. The maximum Gasteiger partial charge on any atom is 0.242 e. The van der Waals surface area contributed by atoms with E-state index in [-0.39, 0.29) is 23.9 Å². The zero-order chi connectivity index (χ0) is 12.3. The second-order valence-corrected chi connectivity index (χ2v) is 4.46. The lowest BCUT2D eigenvalue weighted by atomic mass is 10.1. The quantitative estimate of drug-likeness (QED) is 0.537. The van der Waals surface area contributed by atoms with Gasteiger partial charge in [-0.05, 0) is 6.42 Å². The Morgan fingerprint density at radius 3 is 2.88 bits per heavy atom. The Morgan fingerprint density at radius 2 is 2.24 bits per heavy atom. The van der Waals surface area contributed by atoms with Crippen LogP contribution in [-0.4, -0.2) is 61.5 Å². The molecule has 6 nitrogen and oxygen atoms in total. The molecule has 2 rings (SSSR count). The van der Waals surface area contributed by atoms with Crippen molar-refractivity contribution in [1.82, 2.24) is 20.9 Å². The molecule has 17 heavy (non-hydrogen) atoms. The van der Waals surface area contributed by atoms with Crippen LogP contribution in [0.15, 0.2) is 0 Å². The molecule has 2 heterocycles. The minimum atomic E-state index is -0.306. The zero-order valence-corrected chi connectivity index (χ0v) is 10.2. The van der Waals surface area contributed by atoms with Crippen LogP contribution in [0.1, 0.15) is 13.3 Å². The third kappa shape index (κ3) is 2.58. The van der Waals surface area contributed by atoms with Crippen molar-refractivity contribution in [1.29, 1.82) is 0 Å². The number of carbonyl (C=O) groups excluding carboxylic acids is 2. The second kappa shape index (κ2) is 5.46. The summed E-state index contributed by atoms with van der Waals surface area (Å²) < 4.78 is 0. The van der Waals surface area contributed by atoms with Gasteiger partial charge in [0.2, 0.25) is 11.8 Å². The maximum absolute atomic E-state index is 12.3. The van der Waals surface area contributed by atoms with Crippen LogP contribution < -0.4 is 16.0 Å². The van der Waals surface area contributed by atoms with Gasteiger partial charge < -0.3 is 20.9 Å². The highest BCUT2D eigenvalue weighted by atomic mass is 16.2. The third-order valence-electron chi connectivity index (χ3n) is 3.34. The van der Waals surface area contributed by atoms with Crippen molar-refractivity contribution >= 4 is 11.8 Å². The topological polar surface area (TPSA) is 73.5 Å². The number of rotatable bonds is 2. The van der Waals surface area contributed by atoms with E-state index in [1.54, 1.807) is 4.90 Å². The van der Waals surface area contributed by atoms with E-state index in [2.05, 4.69) is 16.0 Å². The van der Waals surface area contributed by atoms with E-state index in [1.807, 2.05) is 6.92 Å². The Kier molecular flexibility index (Phi) is 3.96. The van der Waals surface area contributed by atoms with Crippen LogP contribution >= 0.6 is 0 Å². The van der Waals surface area contributed by atoms with Gasteiger partial charge in [-0.15, -0.1) is 0 Å². The molecule has 0 spiro atoms. The van der Waals surface area contributed by atoms with Gasteiger partial charge in [-0.3, -0.25) is 9.59 Å². The lowest BCUT2D eigenvalue weighted by molar-refractivity contribution is -0.145. The first-order valence-corrected chi connectivity index (χ1v) is 6.26. The van der Waals surface area contributed by atoms with Gasteiger partial charge in [0, 0.05) is 32.7 Å². The number of carbonyl (C=O) groups is 2. The van der Waals surface area contributed by atoms with Crippen LogP contribution in [0.25, 0.3) is 0 Å². The van der Waals surface area contributed by atoms with Crippen LogP contribution in [0, 0.1) is 0 Å². The van der Waals surface area contributed by atoms with Gasteiger partial charge >= 0.3 is 0 Å². The molecule has 3 N–H and O–H groups in total. The fourth-order valence-corrected chi connectivity index (χ4v) is 2.41. The van der Waals surface area contributed by atoms with E-state index in [9.17, 15) is 9.59 Å². The van der Waals surface area contributed by atoms with Gasteiger partial charge in [-0.1, -0.05) is 6.92 Å². The molecule has 2 aliphatic rings. The monoisotopic (exact) mass is 240 g/mol. The number of hydrogen-bond donors (Lipinski definition) is 3. The molecule has 0 aromatic rings. The Morgan fingerprint density at radius 1 is 1.41 bits per heavy atom. The van der Waals surface area contributed by atoms with Crippen molar-refractivity contribution in [3.63, 3.8) is 0 Å². The van der Waals surface area contributed by atoms with Crippen molar-refractivity contribution in [2.75, 3.05) is 32.7 Å². The molecule has 96 valence electrons. The number of nitrogens with zero attached hydrogens (tertiary/aromatic N) is 1. The molecule has 0 aromatic carbocycles. The molecule has 2 fully saturated rings. The van der Waals surface area contributed by atoms with Crippen molar-refractivity contribution in [3.05, 3.63) is 0 Å². The summed E-state index contributed by atoms with van der Waals surface area (Å²) >= 11 is 0. The SMILES string of the molecule is CCC1C(=O)NCCN1C(=O)C1CNCCN1. The predicted octanol–water partition coefficient (Wildman–Crippen LogP) is -1.72. The van der Waals surface area contributed by atoms with E-state index in [0.29, 0.717) is 26.1 Å². The first kappa shape index (κ1) is 12.3. The summed E-state index contributed by atoms with van der Waals surface area (Å²) in [6.07, 6.45) is 0.664. The highest BCUT2D eigenvalue weighted by Gasteiger charge is 2.35. The van der Waals surface area contributed by atoms with E-state index >= 15 is 0 Å². The van der Waals surface area contributed by atoms with E-state index in [1.165, 1.54) is 0 Å². The smallest absolute Gasteiger partial charge is 0.242 e. The molecule has 2 amide bonds. The Balaban J connectivity index is 2.03.